The Bertz CT molecular complexity index is 1420. The molecule has 0 amide bonds. The van der Waals surface area contributed by atoms with Gasteiger partial charge in [0.1, 0.15) is 11.7 Å². The number of amidine groups is 2. The van der Waals surface area contributed by atoms with Crippen LogP contribution in [0.5, 0.6) is 0 Å². The van der Waals surface area contributed by atoms with Gasteiger partial charge in [-0.2, -0.15) is 0 Å². The van der Waals surface area contributed by atoms with E-state index in [1.54, 1.807) is 12.4 Å². The predicted octanol–water partition coefficient (Wildman–Crippen LogP) is 12.5. The molecule has 10 nitrogen and oxygen atoms in total. The maximum Gasteiger partial charge on any atom is 0.108 e. The molecule has 0 fully saturated rings. The maximum absolute atomic E-state index is 4.33. The highest BCUT2D eigenvalue weighted by molar-refractivity contribution is 5.89. The molecule has 0 saturated carbocycles. The third-order valence-electron chi connectivity index (χ3n) is 6.39. The third kappa shape index (κ3) is 42.4. The zero-order chi connectivity index (χ0) is 43.1. The summed E-state index contributed by atoms with van der Waals surface area (Å²) in [4.78, 5) is 12.9. The number of hydrogen-bond acceptors (Lipinski definition) is 10. The van der Waals surface area contributed by atoms with E-state index in [1.807, 2.05) is 49.0 Å². The van der Waals surface area contributed by atoms with Crippen molar-refractivity contribution in [3.63, 3.8) is 0 Å². The van der Waals surface area contributed by atoms with E-state index in [4.69, 9.17) is 0 Å². The second-order valence-corrected chi connectivity index (χ2v) is 15.4. The molecule has 5 heterocycles. The fourth-order valence-corrected chi connectivity index (χ4v) is 3.72. The van der Waals surface area contributed by atoms with Crippen LogP contribution in [0.25, 0.3) is 0 Å². The standard InChI is InChI=1S/3C9H14N2.C6H8N2.C5H8N2.2C4H10.4CH4/c1-7(2)9-6-8(3)10-4-5-11-9;2*1-7(2)9-10-6-4-5-8(3)11-9;1-5-3-4-7-6(2)8-5;1-5-2-3-6-4-7-5;2*1-4(2)3;;;;/h4-5,7,10H,3,6H2,1-2H3;4,6-7H,3,5H2,1-2H3,(H,10,11);4-5,7H,3,6H2,1-2H3,(H,10,11);3-4,7-8H,1-2H2;2-3,6-7H,1,4H2;2*4H,1-3H3;4*1H4. The average molecular weight is 835 g/mol. The summed E-state index contributed by atoms with van der Waals surface area (Å²) >= 11 is 0. The normalized spacial score (nSPS) is 15.4. The molecule has 0 atom stereocenters. The number of allylic oxidation sites excluding steroid dienone is 5. The van der Waals surface area contributed by atoms with Gasteiger partial charge in [-0.1, -0.05) is 164 Å². The summed E-state index contributed by atoms with van der Waals surface area (Å²) in [6.07, 6.45) is 20.5. The molecule has 0 bridgehead atoms. The first-order chi connectivity index (χ1) is 26.2. The van der Waals surface area contributed by atoms with E-state index in [0.29, 0.717) is 17.8 Å². The number of aliphatic imine (C=N–C) groups is 3. The van der Waals surface area contributed by atoms with Gasteiger partial charge in [-0.05, 0) is 42.2 Å². The smallest absolute Gasteiger partial charge is 0.108 e. The van der Waals surface area contributed by atoms with E-state index in [9.17, 15) is 0 Å². The molecule has 7 N–H and O–H groups in total. The fraction of sp³-hybridized carbons (Fsp3) is 0.500. The highest BCUT2D eigenvalue weighted by atomic mass is 15.1. The third-order valence-corrected chi connectivity index (χ3v) is 6.39. The molecule has 0 saturated heterocycles. The topological polar surface area (TPSA) is 121 Å². The monoisotopic (exact) mass is 835 g/mol. The molecule has 0 unspecified atom stereocenters. The molecule has 5 rings (SSSR count). The van der Waals surface area contributed by atoms with E-state index < -0.39 is 0 Å². The summed E-state index contributed by atoms with van der Waals surface area (Å²) in [5.74, 6) is 5.87. The zero-order valence-electron chi connectivity index (χ0n) is 37.1. The molecule has 5 aliphatic rings. The minimum Gasteiger partial charge on any atom is -0.374 e. The maximum atomic E-state index is 4.33. The van der Waals surface area contributed by atoms with Crippen molar-refractivity contribution in [1.29, 1.82) is 0 Å². The first-order valence-corrected chi connectivity index (χ1v) is 19.7. The predicted molar refractivity (Wildman–Crippen MR) is 276 cm³/mol. The summed E-state index contributed by atoms with van der Waals surface area (Å²) in [6, 6.07) is 0. The summed E-state index contributed by atoms with van der Waals surface area (Å²) < 4.78 is 0. The Balaban J connectivity index is -0.000000144. The van der Waals surface area contributed by atoms with Crippen LogP contribution >= 0.6 is 0 Å². The van der Waals surface area contributed by atoms with E-state index in [1.165, 1.54) is 5.71 Å². The van der Waals surface area contributed by atoms with Crippen molar-refractivity contribution in [3.05, 3.63) is 135 Å². The van der Waals surface area contributed by atoms with Crippen LogP contribution < -0.4 is 37.2 Å². The molecule has 0 aromatic rings. The summed E-state index contributed by atoms with van der Waals surface area (Å²) in [6.45, 7) is 49.8. The second kappa shape index (κ2) is 40.5. The van der Waals surface area contributed by atoms with Gasteiger partial charge in [0.15, 0.2) is 0 Å². The van der Waals surface area contributed by atoms with Gasteiger partial charge in [-0.25, -0.2) is 4.99 Å². The van der Waals surface area contributed by atoms with Gasteiger partial charge < -0.3 is 37.2 Å². The fourth-order valence-electron chi connectivity index (χ4n) is 3.72. The van der Waals surface area contributed by atoms with Crippen LogP contribution in [-0.2, 0) is 0 Å². The lowest BCUT2D eigenvalue weighted by Gasteiger charge is -2.12. The Hall–Kier alpha value is -5.25. The molecular formula is C50H94N10. The van der Waals surface area contributed by atoms with Crippen LogP contribution in [0.4, 0.5) is 0 Å². The zero-order valence-corrected chi connectivity index (χ0v) is 37.1. The summed E-state index contributed by atoms with van der Waals surface area (Å²) in [7, 11) is 0. The van der Waals surface area contributed by atoms with Gasteiger partial charge in [0.05, 0.1) is 19.0 Å². The van der Waals surface area contributed by atoms with Gasteiger partial charge in [0, 0.05) is 83.7 Å². The second-order valence-electron chi connectivity index (χ2n) is 15.4. The van der Waals surface area contributed by atoms with Crippen molar-refractivity contribution in [2.45, 2.75) is 126 Å². The van der Waals surface area contributed by atoms with Crippen molar-refractivity contribution in [2.24, 2.45) is 44.6 Å². The molecule has 0 radical (unpaired) electrons. The Labute approximate surface area is 372 Å². The first kappa shape index (κ1) is 66.6. The molecule has 10 heteroatoms. The summed E-state index contributed by atoms with van der Waals surface area (Å²) in [5, 5.41) is 21.1. The minimum absolute atomic E-state index is 0. The molecule has 344 valence electrons. The summed E-state index contributed by atoms with van der Waals surface area (Å²) in [5.41, 5.74) is 6.00. The van der Waals surface area contributed by atoms with Crippen molar-refractivity contribution in [2.75, 3.05) is 13.2 Å². The molecular weight excluding hydrogens is 741 g/mol. The highest BCUT2D eigenvalue weighted by Crippen LogP contribution is 2.09. The van der Waals surface area contributed by atoms with E-state index in [0.717, 1.165) is 83.9 Å². The average Bonchev–Trinajstić information content (AvgIpc) is 3.57. The lowest BCUT2D eigenvalue weighted by molar-refractivity contribution is 0.725. The molecule has 60 heavy (non-hydrogen) atoms. The van der Waals surface area contributed by atoms with Crippen molar-refractivity contribution in [1.82, 2.24) is 37.2 Å². The Morgan fingerprint density at radius 2 is 1.08 bits per heavy atom. The van der Waals surface area contributed by atoms with Gasteiger partial charge in [-0.3, -0.25) is 9.98 Å². The molecule has 0 aromatic heterocycles. The van der Waals surface area contributed by atoms with Crippen molar-refractivity contribution < 1.29 is 0 Å². The number of rotatable bonds is 3. The van der Waals surface area contributed by atoms with E-state index >= 15 is 0 Å². The van der Waals surface area contributed by atoms with E-state index in [2.05, 4.69) is 175 Å². The SMILES string of the molecule is C.C.C.C.C=C1C=CCN=C(C(C)C)N1.C=C1C=CNC(=C)N1.C=C1C=CNCN1.C=C1CC(C(C)C)=NC=CN1.C=C1CC=CN=C(C(C)C)N1.CC(C)C.CC(C)C. The van der Waals surface area contributed by atoms with Gasteiger partial charge in [-0.15, -0.1) is 0 Å². The Morgan fingerprint density at radius 3 is 1.52 bits per heavy atom. The first-order valence-electron chi connectivity index (χ1n) is 19.7. The van der Waals surface area contributed by atoms with Crippen LogP contribution in [0.3, 0.4) is 0 Å². The van der Waals surface area contributed by atoms with Crippen molar-refractivity contribution >= 4 is 17.4 Å². The minimum atomic E-state index is 0. The molecule has 0 aliphatic carbocycles. The Morgan fingerprint density at radius 1 is 0.533 bits per heavy atom. The van der Waals surface area contributed by atoms with Crippen LogP contribution in [0.1, 0.15) is 126 Å². The number of hydrogen-bond donors (Lipinski definition) is 7. The van der Waals surface area contributed by atoms with Gasteiger partial charge in [0.2, 0.25) is 0 Å². The van der Waals surface area contributed by atoms with Crippen LogP contribution in [0, 0.1) is 29.6 Å². The van der Waals surface area contributed by atoms with Crippen LogP contribution in [0.15, 0.2) is 150 Å². The quantitative estimate of drug-likeness (QED) is 0.151. The van der Waals surface area contributed by atoms with Crippen LogP contribution in [0.2, 0.25) is 0 Å². The lowest BCUT2D eigenvalue weighted by atomic mass is 10.0. The number of nitrogens with zero attached hydrogens (tertiary/aromatic N) is 3. The lowest BCUT2D eigenvalue weighted by Crippen LogP contribution is -2.27. The molecule has 0 spiro atoms. The largest absolute Gasteiger partial charge is 0.374 e. The Kier molecular flexibility index (Phi) is 45.0. The van der Waals surface area contributed by atoms with E-state index in [-0.39, 0.29) is 29.7 Å². The molecule has 0 aromatic carbocycles. The van der Waals surface area contributed by atoms with Gasteiger partial charge in [0.25, 0.3) is 0 Å². The van der Waals surface area contributed by atoms with Crippen molar-refractivity contribution in [3.8, 4) is 0 Å². The highest BCUT2D eigenvalue weighted by Gasteiger charge is 2.08. The van der Waals surface area contributed by atoms with Gasteiger partial charge >= 0.3 is 0 Å². The number of nitrogens with one attached hydrogen (secondary N) is 7. The molecule has 5 aliphatic heterocycles. The van der Waals surface area contributed by atoms with Crippen LogP contribution in [-0.4, -0.2) is 30.6 Å².